The van der Waals surface area contributed by atoms with E-state index in [2.05, 4.69) is 34.4 Å². The summed E-state index contributed by atoms with van der Waals surface area (Å²) in [5.41, 5.74) is 0. The van der Waals surface area contributed by atoms with Gasteiger partial charge in [0.2, 0.25) is 5.88 Å². The Morgan fingerprint density at radius 3 is 3.16 bits per heavy atom. The SMILES string of the molecule is CCCOc1cncc(NC(C)C2CCCNC2)n1. The molecule has 0 bridgehead atoms. The number of ether oxygens (including phenoxy) is 1. The smallest absolute Gasteiger partial charge is 0.234 e. The van der Waals surface area contributed by atoms with Gasteiger partial charge in [0.25, 0.3) is 0 Å². The van der Waals surface area contributed by atoms with Crippen molar-refractivity contribution in [1.82, 2.24) is 15.3 Å². The molecule has 19 heavy (non-hydrogen) atoms. The van der Waals surface area contributed by atoms with Gasteiger partial charge in [-0.05, 0) is 45.2 Å². The molecule has 0 aromatic carbocycles. The Bertz CT molecular complexity index is 379. The molecule has 2 N–H and O–H groups in total. The number of aromatic nitrogens is 2. The van der Waals surface area contributed by atoms with Crippen LogP contribution < -0.4 is 15.4 Å². The molecule has 0 saturated carbocycles. The van der Waals surface area contributed by atoms with Crippen LogP contribution in [0.25, 0.3) is 0 Å². The van der Waals surface area contributed by atoms with Crippen molar-refractivity contribution in [2.75, 3.05) is 25.0 Å². The number of piperidine rings is 1. The molecular weight excluding hydrogens is 240 g/mol. The molecule has 0 spiro atoms. The summed E-state index contributed by atoms with van der Waals surface area (Å²) in [6, 6.07) is 0.392. The van der Waals surface area contributed by atoms with Gasteiger partial charge >= 0.3 is 0 Å². The van der Waals surface area contributed by atoms with E-state index in [9.17, 15) is 0 Å². The van der Waals surface area contributed by atoms with Crippen LogP contribution in [0.4, 0.5) is 5.82 Å². The number of nitrogens with zero attached hydrogens (tertiary/aromatic N) is 2. The Kier molecular flexibility index (Phi) is 5.39. The van der Waals surface area contributed by atoms with Crippen molar-refractivity contribution >= 4 is 5.82 Å². The van der Waals surface area contributed by atoms with Crippen LogP contribution in [-0.4, -0.2) is 35.7 Å². The lowest BCUT2D eigenvalue weighted by atomic mass is 9.93. The van der Waals surface area contributed by atoms with Gasteiger partial charge in [-0.15, -0.1) is 0 Å². The van der Waals surface area contributed by atoms with Crippen LogP contribution in [0.15, 0.2) is 12.4 Å². The van der Waals surface area contributed by atoms with Crippen LogP contribution in [0.1, 0.15) is 33.1 Å². The maximum Gasteiger partial charge on any atom is 0.234 e. The molecule has 106 valence electrons. The minimum Gasteiger partial charge on any atom is -0.477 e. The molecule has 1 aliphatic heterocycles. The summed E-state index contributed by atoms with van der Waals surface area (Å²) >= 11 is 0. The summed E-state index contributed by atoms with van der Waals surface area (Å²) in [6.07, 6.45) is 6.91. The van der Waals surface area contributed by atoms with Gasteiger partial charge in [-0.2, -0.15) is 4.98 Å². The second-order valence-corrected chi connectivity index (χ2v) is 5.13. The predicted octanol–water partition coefficient (Wildman–Crippen LogP) is 2.07. The number of rotatable bonds is 6. The second kappa shape index (κ2) is 7.28. The van der Waals surface area contributed by atoms with Gasteiger partial charge in [-0.3, -0.25) is 4.98 Å². The van der Waals surface area contributed by atoms with Crippen molar-refractivity contribution in [3.05, 3.63) is 12.4 Å². The van der Waals surface area contributed by atoms with Gasteiger partial charge in [-0.25, -0.2) is 0 Å². The van der Waals surface area contributed by atoms with E-state index in [1.54, 1.807) is 12.4 Å². The van der Waals surface area contributed by atoms with Gasteiger partial charge in [0.05, 0.1) is 19.0 Å². The molecule has 5 nitrogen and oxygen atoms in total. The first-order chi connectivity index (χ1) is 9.29. The van der Waals surface area contributed by atoms with Crippen molar-refractivity contribution in [2.24, 2.45) is 5.92 Å². The van der Waals surface area contributed by atoms with Crippen molar-refractivity contribution in [2.45, 2.75) is 39.2 Å². The zero-order valence-corrected chi connectivity index (χ0v) is 11.9. The predicted molar refractivity (Wildman–Crippen MR) is 76.5 cm³/mol. The normalized spacial score (nSPS) is 20.8. The summed E-state index contributed by atoms with van der Waals surface area (Å²) in [5.74, 6) is 2.04. The Morgan fingerprint density at radius 2 is 2.42 bits per heavy atom. The zero-order chi connectivity index (χ0) is 13.5. The van der Waals surface area contributed by atoms with Crippen molar-refractivity contribution in [3.63, 3.8) is 0 Å². The first kappa shape index (κ1) is 14.1. The fourth-order valence-electron chi connectivity index (χ4n) is 2.35. The van der Waals surface area contributed by atoms with Crippen LogP contribution in [0.5, 0.6) is 5.88 Å². The highest BCUT2D eigenvalue weighted by Gasteiger charge is 2.20. The lowest BCUT2D eigenvalue weighted by Crippen LogP contribution is -2.38. The van der Waals surface area contributed by atoms with Crippen LogP contribution >= 0.6 is 0 Å². The molecular formula is C14H24N4O. The van der Waals surface area contributed by atoms with Crippen LogP contribution in [0, 0.1) is 5.92 Å². The Balaban J connectivity index is 1.90. The first-order valence-corrected chi connectivity index (χ1v) is 7.21. The Hall–Kier alpha value is -1.36. The van der Waals surface area contributed by atoms with Gasteiger partial charge in [0.15, 0.2) is 0 Å². The maximum atomic E-state index is 5.50. The van der Waals surface area contributed by atoms with Gasteiger partial charge < -0.3 is 15.4 Å². The third kappa shape index (κ3) is 4.35. The standard InChI is InChI=1S/C14H24N4O/c1-3-7-19-14-10-16-9-13(18-14)17-11(2)12-5-4-6-15-8-12/h9-12,15H,3-8H2,1-2H3,(H,17,18). The van der Waals surface area contributed by atoms with E-state index in [0.717, 1.165) is 25.3 Å². The molecule has 1 aromatic rings. The van der Waals surface area contributed by atoms with E-state index in [0.29, 0.717) is 24.4 Å². The molecule has 2 rings (SSSR count). The van der Waals surface area contributed by atoms with E-state index in [4.69, 9.17) is 4.74 Å². The Labute approximate surface area is 115 Å². The van der Waals surface area contributed by atoms with Crippen LogP contribution in [0.3, 0.4) is 0 Å². The fourth-order valence-corrected chi connectivity index (χ4v) is 2.35. The minimum absolute atomic E-state index is 0.392. The van der Waals surface area contributed by atoms with Gasteiger partial charge in [0.1, 0.15) is 5.82 Å². The zero-order valence-electron chi connectivity index (χ0n) is 11.9. The summed E-state index contributed by atoms with van der Waals surface area (Å²) in [4.78, 5) is 8.60. The monoisotopic (exact) mass is 264 g/mol. The molecule has 0 amide bonds. The molecule has 2 heterocycles. The van der Waals surface area contributed by atoms with E-state index in [1.165, 1.54) is 12.8 Å². The summed E-state index contributed by atoms with van der Waals surface area (Å²) in [7, 11) is 0. The van der Waals surface area contributed by atoms with Gasteiger partial charge in [-0.1, -0.05) is 6.92 Å². The van der Waals surface area contributed by atoms with E-state index < -0.39 is 0 Å². The molecule has 1 saturated heterocycles. The minimum atomic E-state index is 0.392. The van der Waals surface area contributed by atoms with Gasteiger partial charge in [0, 0.05) is 6.04 Å². The molecule has 1 aromatic heterocycles. The van der Waals surface area contributed by atoms with Crippen molar-refractivity contribution < 1.29 is 4.74 Å². The number of anilines is 1. The summed E-state index contributed by atoms with van der Waals surface area (Å²) < 4.78 is 5.50. The highest BCUT2D eigenvalue weighted by Crippen LogP contribution is 2.18. The fraction of sp³-hybridized carbons (Fsp3) is 0.714. The lowest BCUT2D eigenvalue weighted by molar-refractivity contribution is 0.304. The first-order valence-electron chi connectivity index (χ1n) is 7.21. The van der Waals surface area contributed by atoms with E-state index >= 15 is 0 Å². The molecule has 1 fully saturated rings. The molecule has 0 aliphatic carbocycles. The summed E-state index contributed by atoms with van der Waals surface area (Å²) in [6.45, 7) is 7.18. The van der Waals surface area contributed by atoms with Crippen LogP contribution in [-0.2, 0) is 0 Å². The highest BCUT2D eigenvalue weighted by molar-refractivity contribution is 5.34. The topological polar surface area (TPSA) is 59.1 Å². The Morgan fingerprint density at radius 1 is 1.53 bits per heavy atom. The quantitative estimate of drug-likeness (QED) is 0.823. The number of hydrogen-bond acceptors (Lipinski definition) is 5. The van der Waals surface area contributed by atoms with E-state index in [-0.39, 0.29) is 0 Å². The highest BCUT2D eigenvalue weighted by atomic mass is 16.5. The second-order valence-electron chi connectivity index (χ2n) is 5.13. The van der Waals surface area contributed by atoms with E-state index in [1.807, 2.05) is 0 Å². The third-order valence-corrected chi connectivity index (χ3v) is 3.48. The largest absolute Gasteiger partial charge is 0.477 e. The molecule has 5 heteroatoms. The average Bonchev–Trinajstić information content (AvgIpc) is 2.46. The molecule has 2 atom stereocenters. The maximum absolute atomic E-state index is 5.50. The van der Waals surface area contributed by atoms with Crippen LogP contribution in [0.2, 0.25) is 0 Å². The average molecular weight is 264 g/mol. The molecule has 0 radical (unpaired) electrons. The molecule has 2 unspecified atom stereocenters. The molecule has 1 aliphatic rings. The van der Waals surface area contributed by atoms with Crippen molar-refractivity contribution in [1.29, 1.82) is 0 Å². The third-order valence-electron chi connectivity index (χ3n) is 3.48. The number of hydrogen-bond donors (Lipinski definition) is 2. The summed E-state index contributed by atoms with van der Waals surface area (Å²) in [5, 5.41) is 6.87. The lowest BCUT2D eigenvalue weighted by Gasteiger charge is -2.29. The number of nitrogens with one attached hydrogen (secondary N) is 2. The van der Waals surface area contributed by atoms with Crippen molar-refractivity contribution in [3.8, 4) is 5.88 Å².